The number of anilines is 1. The first-order chi connectivity index (χ1) is 7.47. The van der Waals surface area contributed by atoms with E-state index in [1.165, 1.54) is 11.3 Å². The predicted octanol–water partition coefficient (Wildman–Crippen LogP) is 2.13. The standard InChI is InChI=1S/C11H18N2O2S/c1-7(6-15-5)13(4)11-12-8(2)10(16-11)9(3)14/h7H,6H2,1-5H3. The van der Waals surface area contributed by atoms with Crippen molar-refractivity contribution in [3.05, 3.63) is 10.6 Å². The summed E-state index contributed by atoms with van der Waals surface area (Å²) in [6, 6.07) is 0.246. The molecule has 1 aromatic rings. The van der Waals surface area contributed by atoms with Crippen molar-refractivity contribution in [2.45, 2.75) is 26.8 Å². The van der Waals surface area contributed by atoms with Crippen LogP contribution in [0, 0.1) is 6.92 Å². The van der Waals surface area contributed by atoms with Crippen LogP contribution >= 0.6 is 11.3 Å². The fraction of sp³-hybridized carbons (Fsp3) is 0.636. The van der Waals surface area contributed by atoms with E-state index in [0.29, 0.717) is 6.61 Å². The zero-order valence-corrected chi connectivity index (χ0v) is 11.2. The number of rotatable bonds is 5. The highest BCUT2D eigenvalue weighted by molar-refractivity contribution is 7.17. The summed E-state index contributed by atoms with van der Waals surface area (Å²) in [6.45, 7) is 6.15. The van der Waals surface area contributed by atoms with Gasteiger partial charge in [0.05, 0.1) is 23.2 Å². The highest BCUT2D eigenvalue weighted by Crippen LogP contribution is 2.26. The van der Waals surface area contributed by atoms with E-state index in [0.717, 1.165) is 15.7 Å². The van der Waals surface area contributed by atoms with Crippen molar-refractivity contribution in [2.24, 2.45) is 0 Å². The average molecular weight is 242 g/mol. The second kappa shape index (κ2) is 5.41. The van der Waals surface area contributed by atoms with Gasteiger partial charge in [0.2, 0.25) is 0 Å². The van der Waals surface area contributed by atoms with Gasteiger partial charge in [-0.25, -0.2) is 4.98 Å². The third-order valence-corrected chi connectivity index (χ3v) is 3.82. The number of aryl methyl sites for hydroxylation is 1. The number of carbonyl (C=O) groups excluding carboxylic acids is 1. The van der Waals surface area contributed by atoms with E-state index >= 15 is 0 Å². The zero-order valence-electron chi connectivity index (χ0n) is 10.4. The maximum absolute atomic E-state index is 11.3. The molecule has 0 aliphatic heterocycles. The van der Waals surface area contributed by atoms with E-state index in [4.69, 9.17) is 4.74 Å². The van der Waals surface area contributed by atoms with Gasteiger partial charge in [-0.05, 0) is 13.8 Å². The van der Waals surface area contributed by atoms with Crippen LogP contribution in [0.5, 0.6) is 0 Å². The third-order valence-electron chi connectivity index (χ3n) is 2.48. The summed E-state index contributed by atoms with van der Waals surface area (Å²) < 4.78 is 5.10. The lowest BCUT2D eigenvalue weighted by atomic mass is 10.3. The van der Waals surface area contributed by atoms with Crippen LogP contribution in [0.15, 0.2) is 0 Å². The number of Topliss-reactive ketones (excluding diaryl/α,β-unsaturated/α-hetero) is 1. The van der Waals surface area contributed by atoms with Gasteiger partial charge in [-0.2, -0.15) is 0 Å². The molecule has 0 spiro atoms. The molecular weight excluding hydrogens is 224 g/mol. The first-order valence-electron chi connectivity index (χ1n) is 5.17. The predicted molar refractivity (Wildman–Crippen MR) is 66.6 cm³/mol. The number of methoxy groups -OCH3 is 1. The topological polar surface area (TPSA) is 42.4 Å². The Morgan fingerprint density at radius 3 is 2.69 bits per heavy atom. The number of carbonyl (C=O) groups is 1. The largest absolute Gasteiger partial charge is 0.383 e. The quantitative estimate of drug-likeness (QED) is 0.742. The Balaban J connectivity index is 2.88. The van der Waals surface area contributed by atoms with E-state index in [1.54, 1.807) is 14.0 Å². The summed E-state index contributed by atoms with van der Waals surface area (Å²) in [6.07, 6.45) is 0. The summed E-state index contributed by atoms with van der Waals surface area (Å²) >= 11 is 1.44. The molecule has 1 unspecified atom stereocenters. The monoisotopic (exact) mass is 242 g/mol. The molecule has 1 aromatic heterocycles. The lowest BCUT2D eigenvalue weighted by Crippen LogP contribution is -2.32. The van der Waals surface area contributed by atoms with E-state index in [2.05, 4.69) is 11.9 Å². The maximum atomic E-state index is 11.3. The van der Waals surface area contributed by atoms with Gasteiger partial charge in [-0.15, -0.1) is 0 Å². The lowest BCUT2D eigenvalue weighted by Gasteiger charge is -2.23. The molecule has 4 nitrogen and oxygen atoms in total. The number of hydrogen-bond acceptors (Lipinski definition) is 5. The van der Waals surface area contributed by atoms with Crippen molar-refractivity contribution >= 4 is 22.3 Å². The number of likely N-dealkylation sites (N-methyl/N-ethyl adjacent to an activating group) is 1. The van der Waals surface area contributed by atoms with Crippen LogP contribution in [0.3, 0.4) is 0 Å². The Bertz CT molecular complexity index is 376. The second-order valence-electron chi connectivity index (χ2n) is 3.88. The van der Waals surface area contributed by atoms with Crippen molar-refractivity contribution in [3.8, 4) is 0 Å². The summed E-state index contributed by atoms with van der Waals surface area (Å²) in [5.41, 5.74) is 0.809. The zero-order chi connectivity index (χ0) is 12.3. The summed E-state index contributed by atoms with van der Waals surface area (Å²) in [7, 11) is 3.64. The Morgan fingerprint density at radius 1 is 1.62 bits per heavy atom. The van der Waals surface area contributed by atoms with Gasteiger partial charge in [-0.3, -0.25) is 4.79 Å². The Kier molecular flexibility index (Phi) is 4.44. The first kappa shape index (κ1) is 13.1. The Hall–Kier alpha value is -0.940. The molecule has 1 rings (SSSR count). The molecule has 0 saturated carbocycles. The normalized spacial score (nSPS) is 12.6. The highest BCUT2D eigenvalue weighted by Gasteiger charge is 2.17. The molecule has 0 amide bonds. The lowest BCUT2D eigenvalue weighted by molar-refractivity contribution is 0.102. The minimum absolute atomic E-state index is 0.0778. The molecule has 90 valence electrons. The fourth-order valence-electron chi connectivity index (χ4n) is 1.40. The maximum Gasteiger partial charge on any atom is 0.186 e. The molecular formula is C11H18N2O2S. The van der Waals surface area contributed by atoms with Gasteiger partial charge in [0.15, 0.2) is 10.9 Å². The molecule has 0 saturated heterocycles. The van der Waals surface area contributed by atoms with Crippen LogP contribution in [0.4, 0.5) is 5.13 Å². The average Bonchev–Trinajstić information content (AvgIpc) is 2.59. The van der Waals surface area contributed by atoms with Gasteiger partial charge >= 0.3 is 0 Å². The minimum Gasteiger partial charge on any atom is -0.383 e. The molecule has 0 aromatic carbocycles. The van der Waals surface area contributed by atoms with Gasteiger partial charge in [0.1, 0.15) is 0 Å². The molecule has 0 aliphatic carbocycles. The molecule has 0 N–H and O–H groups in total. The summed E-state index contributed by atoms with van der Waals surface area (Å²) in [5, 5.41) is 0.868. The van der Waals surface area contributed by atoms with Crippen molar-refractivity contribution in [3.63, 3.8) is 0 Å². The molecule has 0 bridgehead atoms. The molecule has 5 heteroatoms. The van der Waals surface area contributed by atoms with E-state index in [-0.39, 0.29) is 11.8 Å². The van der Waals surface area contributed by atoms with E-state index in [9.17, 15) is 4.79 Å². The highest BCUT2D eigenvalue weighted by atomic mass is 32.1. The summed E-state index contributed by atoms with van der Waals surface area (Å²) in [4.78, 5) is 18.5. The third kappa shape index (κ3) is 2.80. The molecule has 1 atom stereocenters. The Morgan fingerprint density at radius 2 is 2.25 bits per heavy atom. The number of nitrogens with zero attached hydrogens (tertiary/aromatic N) is 2. The number of thiazole rings is 1. The number of ether oxygens (including phenoxy) is 1. The summed E-state index contributed by atoms with van der Waals surface area (Å²) in [5.74, 6) is 0.0778. The van der Waals surface area contributed by atoms with Crippen molar-refractivity contribution < 1.29 is 9.53 Å². The van der Waals surface area contributed by atoms with E-state index in [1.807, 2.05) is 18.9 Å². The van der Waals surface area contributed by atoms with Crippen LogP contribution in [0.25, 0.3) is 0 Å². The second-order valence-corrected chi connectivity index (χ2v) is 4.86. The van der Waals surface area contributed by atoms with Crippen LogP contribution in [-0.4, -0.2) is 37.6 Å². The van der Waals surface area contributed by atoms with Gasteiger partial charge in [-0.1, -0.05) is 11.3 Å². The fourth-order valence-corrected chi connectivity index (χ4v) is 2.43. The molecule has 0 fully saturated rings. The number of hydrogen-bond donors (Lipinski definition) is 0. The van der Waals surface area contributed by atoms with E-state index < -0.39 is 0 Å². The molecule has 16 heavy (non-hydrogen) atoms. The van der Waals surface area contributed by atoms with Crippen molar-refractivity contribution in [2.75, 3.05) is 25.7 Å². The van der Waals surface area contributed by atoms with Crippen LogP contribution in [0.2, 0.25) is 0 Å². The van der Waals surface area contributed by atoms with Gasteiger partial charge in [0.25, 0.3) is 0 Å². The molecule has 1 heterocycles. The molecule has 0 radical (unpaired) electrons. The smallest absolute Gasteiger partial charge is 0.186 e. The van der Waals surface area contributed by atoms with Crippen LogP contribution < -0.4 is 4.90 Å². The first-order valence-corrected chi connectivity index (χ1v) is 5.99. The van der Waals surface area contributed by atoms with Gasteiger partial charge in [0, 0.05) is 21.1 Å². The van der Waals surface area contributed by atoms with Crippen LogP contribution in [-0.2, 0) is 4.74 Å². The SMILES string of the molecule is COCC(C)N(C)c1nc(C)c(C(C)=O)s1. The Labute approximate surface area is 100 Å². The molecule has 0 aliphatic rings. The van der Waals surface area contributed by atoms with Crippen molar-refractivity contribution in [1.82, 2.24) is 4.98 Å². The number of aromatic nitrogens is 1. The van der Waals surface area contributed by atoms with Crippen LogP contribution in [0.1, 0.15) is 29.2 Å². The van der Waals surface area contributed by atoms with Gasteiger partial charge < -0.3 is 9.64 Å². The van der Waals surface area contributed by atoms with Crippen molar-refractivity contribution in [1.29, 1.82) is 0 Å². The minimum atomic E-state index is 0.0778. The number of ketones is 1.